The minimum atomic E-state index is -2.58. The molecule has 11 heavy (non-hydrogen) atoms. The normalized spacial score (nSPS) is 39.5. The number of aliphatic hydroxyl groups is 2. The van der Waals surface area contributed by atoms with Crippen molar-refractivity contribution in [1.29, 1.82) is 0 Å². The van der Waals surface area contributed by atoms with E-state index in [1.54, 1.807) is 0 Å². The highest BCUT2D eigenvalue weighted by atomic mass is 19.3. The lowest BCUT2D eigenvalue weighted by Crippen LogP contribution is -2.52. The molecule has 1 fully saturated rings. The molecule has 1 aliphatic rings. The number of piperidine rings is 1. The van der Waals surface area contributed by atoms with Crippen LogP contribution in [0.15, 0.2) is 0 Å². The van der Waals surface area contributed by atoms with Gasteiger partial charge in [-0.1, -0.05) is 0 Å². The molecule has 0 spiro atoms. The van der Waals surface area contributed by atoms with E-state index in [9.17, 15) is 8.78 Å². The molecule has 0 bridgehead atoms. The Morgan fingerprint density at radius 1 is 1.27 bits per heavy atom. The lowest BCUT2D eigenvalue weighted by Gasteiger charge is -2.31. The van der Waals surface area contributed by atoms with E-state index in [0.29, 0.717) is 0 Å². The van der Waals surface area contributed by atoms with E-state index in [4.69, 9.17) is 10.2 Å². The highest BCUT2D eigenvalue weighted by molar-refractivity contribution is 4.85. The molecule has 3 N–H and O–H groups in total. The van der Waals surface area contributed by atoms with Crippen LogP contribution in [0.3, 0.4) is 0 Å². The van der Waals surface area contributed by atoms with Crippen LogP contribution in [-0.4, -0.2) is 41.9 Å². The van der Waals surface area contributed by atoms with Gasteiger partial charge >= 0.3 is 0 Å². The fourth-order valence-electron chi connectivity index (χ4n) is 1.16. The molecule has 0 saturated carbocycles. The van der Waals surface area contributed by atoms with Gasteiger partial charge in [0.25, 0.3) is 0 Å². The van der Waals surface area contributed by atoms with E-state index in [1.807, 2.05) is 0 Å². The largest absolute Gasteiger partial charge is 0.390 e. The minimum absolute atomic E-state index is 0.0654. The topological polar surface area (TPSA) is 52.5 Å². The first-order valence-corrected chi connectivity index (χ1v) is 3.48. The molecule has 3 atom stereocenters. The van der Waals surface area contributed by atoms with E-state index < -0.39 is 24.6 Å². The summed E-state index contributed by atoms with van der Waals surface area (Å²) in [7, 11) is 0. The van der Waals surface area contributed by atoms with Gasteiger partial charge in [0.15, 0.2) is 0 Å². The van der Waals surface area contributed by atoms with Crippen molar-refractivity contribution in [2.24, 2.45) is 5.92 Å². The third kappa shape index (κ3) is 1.85. The minimum Gasteiger partial charge on any atom is -0.390 e. The summed E-state index contributed by atoms with van der Waals surface area (Å²) >= 11 is 0. The molecule has 5 heteroatoms. The van der Waals surface area contributed by atoms with Crippen molar-refractivity contribution < 1.29 is 19.0 Å². The third-order valence-corrected chi connectivity index (χ3v) is 1.89. The van der Waals surface area contributed by atoms with Gasteiger partial charge in [-0.05, 0) is 0 Å². The lowest BCUT2D eigenvalue weighted by atomic mass is 9.94. The zero-order valence-corrected chi connectivity index (χ0v) is 5.87. The smallest absolute Gasteiger partial charge is 0.245 e. The monoisotopic (exact) mass is 167 g/mol. The molecule has 0 amide bonds. The molecule has 0 aromatic rings. The van der Waals surface area contributed by atoms with Gasteiger partial charge in [-0.3, -0.25) is 0 Å². The summed E-state index contributed by atoms with van der Waals surface area (Å²) in [5.74, 6) is -1.14. The van der Waals surface area contributed by atoms with Crippen LogP contribution < -0.4 is 5.32 Å². The van der Waals surface area contributed by atoms with Crippen molar-refractivity contribution in [2.45, 2.75) is 18.6 Å². The second-order valence-electron chi connectivity index (χ2n) is 2.71. The van der Waals surface area contributed by atoms with Crippen molar-refractivity contribution in [2.75, 3.05) is 13.1 Å². The molecule has 1 unspecified atom stereocenters. The second-order valence-corrected chi connectivity index (χ2v) is 2.71. The summed E-state index contributed by atoms with van der Waals surface area (Å²) in [6, 6.07) is 0. The molecule has 1 heterocycles. The SMILES string of the molecule is OC1CNC[C@H](C(F)F)[C@H]1O. The average Bonchev–Trinajstić information content (AvgIpc) is 1.94. The Balaban J connectivity index is 2.51. The molecule has 1 saturated heterocycles. The first-order valence-electron chi connectivity index (χ1n) is 3.48. The summed E-state index contributed by atoms with van der Waals surface area (Å²) in [4.78, 5) is 0. The van der Waals surface area contributed by atoms with Crippen LogP contribution >= 0.6 is 0 Å². The molecule has 0 aliphatic carbocycles. The zero-order valence-electron chi connectivity index (χ0n) is 5.87. The predicted octanol–water partition coefficient (Wildman–Crippen LogP) is -0.807. The van der Waals surface area contributed by atoms with Crippen molar-refractivity contribution in [3.63, 3.8) is 0 Å². The number of β-amino-alcohol motifs (C(OH)–C–C–N with tert-alkyl or cyclic N) is 1. The summed E-state index contributed by atoms with van der Waals surface area (Å²) in [6.07, 6.45) is -4.94. The molecule has 3 nitrogen and oxygen atoms in total. The van der Waals surface area contributed by atoms with Gasteiger partial charge in [0.1, 0.15) is 0 Å². The summed E-state index contributed by atoms with van der Waals surface area (Å²) in [5.41, 5.74) is 0. The lowest BCUT2D eigenvalue weighted by molar-refractivity contribution is -0.0841. The van der Waals surface area contributed by atoms with Gasteiger partial charge in [-0.25, -0.2) is 8.78 Å². The van der Waals surface area contributed by atoms with Gasteiger partial charge in [0.2, 0.25) is 6.43 Å². The molecular formula is C6H11F2NO2. The number of alkyl halides is 2. The van der Waals surface area contributed by atoms with E-state index >= 15 is 0 Å². The fraction of sp³-hybridized carbons (Fsp3) is 1.00. The highest BCUT2D eigenvalue weighted by Gasteiger charge is 2.36. The summed E-state index contributed by atoms with van der Waals surface area (Å²) in [6.45, 7) is 0.250. The number of rotatable bonds is 1. The summed E-state index contributed by atoms with van der Waals surface area (Å²) in [5, 5.41) is 20.6. The van der Waals surface area contributed by atoms with Crippen molar-refractivity contribution >= 4 is 0 Å². The quantitative estimate of drug-likeness (QED) is 0.479. The van der Waals surface area contributed by atoms with Crippen LogP contribution in [0, 0.1) is 5.92 Å². The first kappa shape index (κ1) is 8.83. The van der Waals surface area contributed by atoms with Crippen molar-refractivity contribution in [3.8, 4) is 0 Å². The number of hydrogen-bond donors (Lipinski definition) is 3. The molecule has 66 valence electrons. The average molecular weight is 167 g/mol. The molecular weight excluding hydrogens is 156 g/mol. The van der Waals surface area contributed by atoms with Crippen LogP contribution in [0.5, 0.6) is 0 Å². The van der Waals surface area contributed by atoms with E-state index in [0.717, 1.165) is 0 Å². The zero-order chi connectivity index (χ0) is 8.43. The van der Waals surface area contributed by atoms with E-state index in [2.05, 4.69) is 5.32 Å². The standard InChI is InChI=1S/C6H11F2NO2/c7-6(8)3-1-9-2-4(10)5(3)11/h3-6,9-11H,1-2H2/t3-,4?,5+/m0/s1. The van der Waals surface area contributed by atoms with Crippen molar-refractivity contribution in [1.82, 2.24) is 5.32 Å². The Morgan fingerprint density at radius 2 is 1.91 bits per heavy atom. The van der Waals surface area contributed by atoms with Gasteiger partial charge in [0, 0.05) is 13.1 Å². The van der Waals surface area contributed by atoms with Crippen molar-refractivity contribution in [3.05, 3.63) is 0 Å². The Morgan fingerprint density at radius 3 is 2.36 bits per heavy atom. The molecule has 1 aliphatic heterocycles. The molecule has 0 aromatic carbocycles. The Kier molecular flexibility index (Phi) is 2.75. The van der Waals surface area contributed by atoms with Crippen LogP contribution in [0.25, 0.3) is 0 Å². The highest BCUT2D eigenvalue weighted by Crippen LogP contribution is 2.18. The van der Waals surface area contributed by atoms with E-state index in [-0.39, 0.29) is 13.1 Å². The Bertz CT molecular complexity index is 134. The maximum Gasteiger partial charge on any atom is 0.245 e. The van der Waals surface area contributed by atoms with Crippen LogP contribution in [0.2, 0.25) is 0 Å². The third-order valence-electron chi connectivity index (χ3n) is 1.89. The number of aliphatic hydroxyl groups excluding tert-OH is 2. The number of halogens is 2. The van der Waals surface area contributed by atoms with E-state index in [1.165, 1.54) is 0 Å². The van der Waals surface area contributed by atoms with Crippen LogP contribution in [-0.2, 0) is 0 Å². The Hall–Kier alpha value is -0.260. The van der Waals surface area contributed by atoms with Gasteiger partial charge in [-0.2, -0.15) is 0 Å². The second kappa shape index (κ2) is 3.42. The Labute approximate surface area is 63.0 Å². The maximum atomic E-state index is 12.0. The van der Waals surface area contributed by atoms with Gasteiger partial charge < -0.3 is 15.5 Å². The fourth-order valence-corrected chi connectivity index (χ4v) is 1.16. The molecule has 0 aromatic heterocycles. The van der Waals surface area contributed by atoms with Crippen LogP contribution in [0.4, 0.5) is 8.78 Å². The number of hydrogen-bond acceptors (Lipinski definition) is 3. The summed E-state index contributed by atoms with van der Waals surface area (Å²) < 4.78 is 24.1. The van der Waals surface area contributed by atoms with Gasteiger partial charge in [-0.15, -0.1) is 0 Å². The number of nitrogens with one attached hydrogen (secondary N) is 1. The van der Waals surface area contributed by atoms with Crippen LogP contribution in [0.1, 0.15) is 0 Å². The predicted molar refractivity (Wildman–Crippen MR) is 34.4 cm³/mol. The first-order chi connectivity index (χ1) is 5.13. The molecule has 1 rings (SSSR count). The molecule has 0 radical (unpaired) electrons. The van der Waals surface area contributed by atoms with Gasteiger partial charge in [0.05, 0.1) is 18.1 Å². The maximum absolute atomic E-state index is 12.0.